The molecule has 0 unspecified atom stereocenters. The summed E-state index contributed by atoms with van der Waals surface area (Å²) in [4.78, 5) is 10.6. The fourth-order valence-corrected chi connectivity index (χ4v) is 2.69. The molecule has 0 saturated carbocycles. The molecule has 0 heterocycles. The largest absolute Gasteiger partial charge is 0.477 e. The summed E-state index contributed by atoms with van der Waals surface area (Å²) in [6.07, 6.45) is -12.3. The second-order valence-corrected chi connectivity index (χ2v) is 8.32. The third kappa shape index (κ3) is 5.56. The molecule has 0 aromatic heterocycles. The quantitative estimate of drug-likeness (QED) is 0.158. The van der Waals surface area contributed by atoms with Crippen LogP contribution in [0, 0.1) is 0 Å². The Morgan fingerprint density at radius 1 is 0.583 bits per heavy atom. The number of quaternary nitrogens is 1. The molecule has 0 amide bonds. The number of rotatable bonds is 13. The molecule has 0 radical (unpaired) electrons. The van der Waals surface area contributed by atoms with Crippen molar-refractivity contribution in [3.63, 3.8) is 0 Å². The van der Waals surface area contributed by atoms with E-state index in [9.17, 15) is 79.4 Å². The van der Waals surface area contributed by atoms with Crippen molar-refractivity contribution < 1.29 is 89.0 Å². The van der Waals surface area contributed by atoms with Gasteiger partial charge in [-0.1, -0.05) is 0 Å². The summed E-state index contributed by atoms with van der Waals surface area (Å²) in [5, 5.41) is 8.61. The van der Waals surface area contributed by atoms with Crippen LogP contribution in [0.4, 0.5) is 74.6 Å². The number of hydrogen-bond acceptors (Lipinski definition) is 1. The molecule has 0 aromatic carbocycles. The van der Waals surface area contributed by atoms with Crippen LogP contribution < -0.4 is 0 Å². The van der Waals surface area contributed by atoms with Gasteiger partial charge in [0.1, 0.15) is 0 Å². The van der Waals surface area contributed by atoms with Crippen LogP contribution in [-0.4, -0.2) is 90.4 Å². The Hall–Kier alpha value is -1.76. The van der Waals surface area contributed by atoms with Gasteiger partial charge in [0.05, 0.1) is 20.6 Å². The maximum Gasteiger partial charge on any atom is 0.460 e. The van der Waals surface area contributed by atoms with Gasteiger partial charge in [0.2, 0.25) is 0 Å². The average molecular weight is 578 g/mol. The first-order valence-corrected chi connectivity index (χ1v) is 9.12. The highest BCUT2D eigenvalue weighted by atomic mass is 19.4. The zero-order valence-electron chi connectivity index (χ0n) is 17.8. The summed E-state index contributed by atoms with van der Waals surface area (Å²) >= 11 is 0. The van der Waals surface area contributed by atoms with E-state index in [0.29, 0.717) is 0 Å². The molecule has 0 saturated heterocycles. The lowest BCUT2D eigenvalue weighted by molar-refractivity contribution is -0.883. The van der Waals surface area contributed by atoms with E-state index in [1.807, 2.05) is 0 Å². The third-order valence-electron chi connectivity index (χ3n) is 4.85. The lowest BCUT2D eigenvalue weighted by atomic mass is 9.88. The molecule has 20 heteroatoms. The Morgan fingerprint density at radius 3 is 1.25 bits per heavy atom. The fourth-order valence-electron chi connectivity index (χ4n) is 2.69. The number of halogens is 17. The standard InChI is InChI=1S/C16H16F17NO2/c1-34(2,7-8(35)36)6-4-3-5-9(17,18)10(19,20)11(21,22)12(23,24)13(25,26)14(27,28)15(29,30)16(31,32)33/h3-7H2,1-2H3/p+1. The minimum absolute atomic E-state index is 0.419. The van der Waals surface area contributed by atoms with Gasteiger partial charge in [0.25, 0.3) is 0 Å². The zero-order chi connectivity index (χ0) is 29.6. The van der Waals surface area contributed by atoms with Gasteiger partial charge in [0.15, 0.2) is 6.54 Å². The van der Waals surface area contributed by atoms with E-state index in [1.165, 1.54) is 14.1 Å². The number of carboxylic acids is 1. The topological polar surface area (TPSA) is 37.3 Å². The van der Waals surface area contributed by atoms with Gasteiger partial charge >= 0.3 is 53.6 Å². The van der Waals surface area contributed by atoms with Crippen molar-refractivity contribution in [1.29, 1.82) is 0 Å². The molecule has 0 fully saturated rings. The van der Waals surface area contributed by atoms with E-state index in [1.54, 1.807) is 0 Å². The lowest BCUT2D eigenvalue weighted by Gasteiger charge is -2.42. The predicted octanol–water partition coefficient (Wildman–Crippen LogP) is 6.33. The van der Waals surface area contributed by atoms with Crippen LogP contribution in [0.2, 0.25) is 0 Å². The number of hydrogen-bond donors (Lipinski definition) is 1. The number of nitrogens with zero attached hydrogens (tertiary/aromatic N) is 1. The summed E-state index contributed by atoms with van der Waals surface area (Å²) < 4.78 is 223. The van der Waals surface area contributed by atoms with E-state index in [0.717, 1.165) is 0 Å². The molecule has 0 aliphatic rings. The number of carboxylic acid groups (broad SMARTS) is 1. The summed E-state index contributed by atoms with van der Waals surface area (Å²) in [7, 11) is 2.35. The summed E-state index contributed by atoms with van der Waals surface area (Å²) in [6.45, 7) is -1.08. The van der Waals surface area contributed by atoms with Crippen LogP contribution >= 0.6 is 0 Å². The minimum atomic E-state index is -8.64. The maximum atomic E-state index is 13.7. The van der Waals surface area contributed by atoms with Gasteiger partial charge in [-0.25, -0.2) is 4.79 Å². The Morgan fingerprint density at radius 2 is 0.917 bits per heavy atom. The SMILES string of the molecule is C[N+](C)(CCCCC(F)(F)C(F)(F)C(F)(F)C(F)(F)C(F)(F)C(F)(F)C(F)(F)C(F)(F)F)CC(=O)O. The second-order valence-electron chi connectivity index (χ2n) is 8.32. The lowest BCUT2D eigenvalue weighted by Crippen LogP contribution is -2.74. The number of likely N-dealkylation sites (N-methyl/N-ethyl adjacent to an activating group) is 1. The molecule has 0 bridgehead atoms. The molecule has 0 aliphatic heterocycles. The monoisotopic (exact) mass is 578 g/mol. The first kappa shape index (κ1) is 34.2. The van der Waals surface area contributed by atoms with Gasteiger partial charge in [0, 0.05) is 6.42 Å². The van der Waals surface area contributed by atoms with E-state index in [-0.39, 0.29) is 0 Å². The van der Waals surface area contributed by atoms with E-state index >= 15 is 0 Å². The second kappa shape index (κ2) is 9.52. The van der Waals surface area contributed by atoms with Crippen molar-refractivity contribution in [3.8, 4) is 0 Å². The van der Waals surface area contributed by atoms with Crippen molar-refractivity contribution in [2.24, 2.45) is 0 Å². The molecule has 0 aromatic rings. The van der Waals surface area contributed by atoms with Crippen LogP contribution in [0.25, 0.3) is 0 Å². The first-order valence-electron chi connectivity index (χ1n) is 9.12. The van der Waals surface area contributed by atoms with Crippen molar-refractivity contribution in [1.82, 2.24) is 0 Å². The van der Waals surface area contributed by atoms with Gasteiger partial charge in [-0.15, -0.1) is 0 Å². The highest BCUT2D eigenvalue weighted by Crippen LogP contribution is 2.64. The van der Waals surface area contributed by atoms with Gasteiger partial charge in [-0.3, -0.25) is 0 Å². The molecular formula is C16H17F17NO2+. The highest BCUT2D eigenvalue weighted by Gasteiger charge is 2.95. The van der Waals surface area contributed by atoms with E-state index < -0.39 is 90.4 Å². The molecule has 1 N–H and O–H groups in total. The molecular weight excluding hydrogens is 561 g/mol. The smallest absolute Gasteiger partial charge is 0.460 e. The maximum absolute atomic E-state index is 13.7. The highest BCUT2D eigenvalue weighted by molar-refractivity contribution is 5.67. The van der Waals surface area contributed by atoms with Crippen LogP contribution in [-0.2, 0) is 4.79 Å². The van der Waals surface area contributed by atoms with Crippen LogP contribution in [0.5, 0.6) is 0 Å². The fraction of sp³-hybridized carbons (Fsp3) is 0.938. The third-order valence-corrected chi connectivity index (χ3v) is 4.85. The van der Waals surface area contributed by atoms with Crippen LogP contribution in [0.3, 0.4) is 0 Å². The first-order chi connectivity index (χ1) is 15.4. The minimum Gasteiger partial charge on any atom is -0.477 e. The van der Waals surface area contributed by atoms with Gasteiger partial charge < -0.3 is 9.59 Å². The van der Waals surface area contributed by atoms with Crippen LogP contribution in [0.1, 0.15) is 19.3 Å². The summed E-state index contributed by atoms with van der Waals surface area (Å²) in [5.74, 6) is -57.7. The Balaban J connectivity index is 6.10. The Kier molecular flexibility index (Phi) is 9.06. The number of unbranched alkanes of at least 4 members (excludes halogenated alkanes) is 1. The summed E-state index contributed by atoms with van der Waals surface area (Å²) in [5.41, 5.74) is 0. The molecule has 0 atom stereocenters. The average Bonchev–Trinajstić information content (AvgIpc) is 2.62. The van der Waals surface area contributed by atoms with Crippen LogP contribution in [0.15, 0.2) is 0 Å². The molecule has 0 aliphatic carbocycles. The Labute approximate surface area is 190 Å². The van der Waals surface area contributed by atoms with Crippen molar-refractivity contribution in [2.75, 3.05) is 27.2 Å². The zero-order valence-corrected chi connectivity index (χ0v) is 17.8. The summed E-state index contributed by atoms with van der Waals surface area (Å²) in [6, 6.07) is 0. The van der Waals surface area contributed by atoms with Gasteiger partial charge in [-0.05, 0) is 12.8 Å². The van der Waals surface area contributed by atoms with Crippen molar-refractivity contribution >= 4 is 5.97 Å². The molecule has 0 spiro atoms. The number of carbonyl (C=O) groups is 1. The molecule has 36 heavy (non-hydrogen) atoms. The molecule has 0 rings (SSSR count). The normalized spacial score (nSPS) is 15.9. The van der Waals surface area contributed by atoms with E-state index in [4.69, 9.17) is 5.11 Å². The number of alkyl halides is 17. The molecule has 3 nitrogen and oxygen atoms in total. The van der Waals surface area contributed by atoms with Crippen molar-refractivity contribution in [2.45, 2.75) is 66.9 Å². The molecule has 216 valence electrons. The van der Waals surface area contributed by atoms with E-state index in [2.05, 4.69) is 0 Å². The Bertz CT molecular complexity index is 788. The predicted molar refractivity (Wildman–Crippen MR) is 84.0 cm³/mol. The number of aliphatic carboxylic acids is 1. The van der Waals surface area contributed by atoms with Crippen molar-refractivity contribution in [3.05, 3.63) is 0 Å². The van der Waals surface area contributed by atoms with Gasteiger partial charge in [-0.2, -0.15) is 74.6 Å².